The summed E-state index contributed by atoms with van der Waals surface area (Å²) in [6.07, 6.45) is 8.56. The lowest BCUT2D eigenvalue weighted by Gasteiger charge is -2.08. The van der Waals surface area contributed by atoms with E-state index in [1.165, 1.54) is 24.0 Å². The molecule has 0 atom stereocenters. The molecule has 1 heteroatoms. The van der Waals surface area contributed by atoms with Crippen LogP contribution in [0.3, 0.4) is 0 Å². The first-order valence-electron chi connectivity index (χ1n) is 5.41. The van der Waals surface area contributed by atoms with Crippen LogP contribution in [0.5, 0.6) is 0 Å². The minimum Gasteiger partial charge on any atom is -0.313 e. The van der Waals surface area contributed by atoms with Crippen LogP contribution in [-0.2, 0) is 0 Å². The summed E-state index contributed by atoms with van der Waals surface area (Å²) in [6.45, 7) is 12.2. The molecule has 0 rings (SSSR count). The summed E-state index contributed by atoms with van der Waals surface area (Å²) >= 11 is 0. The average molecular weight is 193 g/mol. The predicted octanol–water partition coefficient (Wildman–Crippen LogP) is 3.45. The number of nitrogens with one attached hydrogen (secondary N) is 1. The molecule has 0 amide bonds. The molecule has 0 aromatic rings. The Morgan fingerprint density at radius 2 is 2.14 bits per heavy atom. The number of rotatable bonds is 7. The Labute approximate surface area is 88.6 Å². The second-order valence-corrected chi connectivity index (χ2v) is 3.43. The van der Waals surface area contributed by atoms with E-state index in [1.54, 1.807) is 0 Å². The van der Waals surface area contributed by atoms with E-state index in [1.807, 2.05) is 6.08 Å². The highest BCUT2D eigenvalue weighted by Gasteiger charge is 1.97. The van der Waals surface area contributed by atoms with E-state index in [0.717, 1.165) is 13.1 Å². The quantitative estimate of drug-likeness (QED) is 0.482. The first-order chi connectivity index (χ1) is 6.76. The van der Waals surface area contributed by atoms with E-state index in [9.17, 15) is 0 Å². The average Bonchev–Trinajstić information content (AvgIpc) is 2.21. The molecule has 0 aliphatic heterocycles. The maximum absolute atomic E-state index is 3.73. The Morgan fingerprint density at radius 3 is 2.64 bits per heavy atom. The van der Waals surface area contributed by atoms with Crippen LogP contribution in [0.2, 0.25) is 0 Å². The molecule has 0 saturated heterocycles. The maximum Gasteiger partial charge on any atom is 0.0208 e. The first-order valence-corrected chi connectivity index (χ1v) is 5.41. The van der Waals surface area contributed by atoms with Crippen molar-refractivity contribution in [1.29, 1.82) is 0 Å². The summed E-state index contributed by atoms with van der Waals surface area (Å²) in [7, 11) is 0. The van der Waals surface area contributed by atoms with Gasteiger partial charge in [0, 0.05) is 6.54 Å². The third kappa shape index (κ3) is 5.76. The standard InChI is InChI=1S/C13H23N/c1-5-8-10-14-11-13(9-6-2)12(4)7-3/h6-7,9,14H,2,5,8,10-11H2,1,3-4H3/b12-7-,13-9-. The lowest BCUT2D eigenvalue weighted by molar-refractivity contribution is 0.672. The molecule has 1 nitrogen and oxygen atoms in total. The normalized spacial score (nSPS) is 13.1. The van der Waals surface area contributed by atoms with Crippen LogP contribution in [0.1, 0.15) is 33.6 Å². The van der Waals surface area contributed by atoms with Crippen LogP contribution in [0.25, 0.3) is 0 Å². The van der Waals surface area contributed by atoms with Gasteiger partial charge in [-0.15, -0.1) is 0 Å². The van der Waals surface area contributed by atoms with Gasteiger partial charge in [0.1, 0.15) is 0 Å². The fourth-order valence-electron chi connectivity index (χ4n) is 1.18. The third-order valence-corrected chi connectivity index (χ3v) is 2.28. The van der Waals surface area contributed by atoms with Gasteiger partial charge in [0.2, 0.25) is 0 Å². The van der Waals surface area contributed by atoms with Gasteiger partial charge in [0.25, 0.3) is 0 Å². The molecule has 14 heavy (non-hydrogen) atoms. The van der Waals surface area contributed by atoms with E-state index < -0.39 is 0 Å². The fourth-order valence-corrected chi connectivity index (χ4v) is 1.18. The van der Waals surface area contributed by atoms with Gasteiger partial charge >= 0.3 is 0 Å². The zero-order valence-electron chi connectivity index (χ0n) is 9.77. The maximum atomic E-state index is 3.73. The summed E-state index contributed by atoms with van der Waals surface area (Å²) in [5, 5.41) is 3.43. The predicted molar refractivity (Wildman–Crippen MR) is 65.5 cm³/mol. The molecule has 0 heterocycles. The van der Waals surface area contributed by atoms with Crippen molar-refractivity contribution >= 4 is 0 Å². The number of hydrogen-bond donors (Lipinski definition) is 1. The Bertz CT molecular complexity index is 211. The molecular weight excluding hydrogens is 170 g/mol. The lowest BCUT2D eigenvalue weighted by atomic mass is 10.1. The molecule has 0 unspecified atom stereocenters. The van der Waals surface area contributed by atoms with Crippen molar-refractivity contribution in [3.63, 3.8) is 0 Å². The molecule has 0 aliphatic rings. The Morgan fingerprint density at radius 1 is 1.43 bits per heavy atom. The highest BCUT2D eigenvalue weighted by molar-refractivity contribution is 5.32. The zero-order valence-corrected chi connectivity index (χ0v) is 9.77. The second-order valence-electron chi connectivity index (χ2n) is 3.43. The Kier molecular flexibility index (Phi) is 8.25. The van der Waals surface area contributed by atoms with Gasteiger partial charge in [-0.05, 0) is 32.4 Å². The SMILES string of the molecule is C=C/C=C(CNCCCC)\C(C)=C/C. The van der Waals surface area contributed by atoms with Crippen LogP contribution in [-0.4, -0.2) is 13.1 Å². The molecular formula is C13H23N. The zero-order chi connectivity index (χ0) is 10.8. The molecule has 80 valence electrons. The topological polar surface area (TPSA) is 12.0 Å². The van der Waals surface area contributed by atoms with Crippen LogP contribution in [0.4, 0.5) is 0 Å². The van der Waals surface area contributed by atoms with Crippen molar-refractivity contribution in [2.24, 2.45) is 0 Å². The van der Waals surface area contributed by atoms with Crippen molar-refractivity contribution in [2.45, 2.75) is 33.6 Å². The van der Waals surface area contributed by atoms with Gasteiger partial charge in [-0.3, -0.25) is 0 Å². The summed E-state index contributed by atoms with van der Waals surface area (Å²) in [4.78, 5) is 0. The van der Waals surface area contributed by atoms with Crippen molar-refractivity contribution < 1.29 is 0 Å². The second kappa shape index (κ2) is 8.76. The molecule has 0 saturated carbocycles. The lowest BCUT2D eigenvalue weighted by Crippen LogP contribution is -2.18. The summed E-state index contributed by atoms with van der Waals surface area (Å²) in [5.74, 6) is 0. The number of allylic oxidation sites excluding steroid dienone is 3. The molecule has 0 aromatic heterocycles. The van der Waals surface area contributed by atoms with Gasteiger partial charge in [-0.1, -0.05) is 43.7 Å². The fraction of sp³-hybridized carbons (Fsp3) is 0.538. The van der Waals surface area contributed by atoms with E-state index in [0.29, 0.717) is 0 Å². The van der Waals surface area contributed by atoms with Crippen molar-refractivity contribution in [3.05, 3.63) is 36.0 Å². The first kappa shape index (κ1) is 13.2. The van der Waals surface area contributed by atoms with E-state index >= 15 is 0 Å². The Balaban J connectivity index is 3.99. The highest BCUT2D eigenvalue weighted by atomic mass is 14.8. The monoisotopic (exact) mass is 193 g/mol. The van der Waals surface area contributed by atoms with Crippen LogP contribution >= 0.6 is 0 Å². The summed E-state index contributed by atoms with van der Waals surface area (Å²) in [5.41, 5.74) is 2.66. The molecule has 0 spiro atoms. The molecule has 1 N–H and O–H groups in total. The number of unbranched alkanes of at least 4 members (excludes halogenated alkanes) is 1. The van der Waals surface area contributed by atoms with Gasteiger partial charge in [-0.2, -0.15) is 0 Å². The van der Waals surface area contributed by atoms with E-state index in [4.69, 9.17) is 0 Å². The molecule has 0 fully saturated rings. The van der Waals surface area contributed by atoms with Crippen molar-refractivity contribution in [2.75, 3.05) is 13.1 Å². The van der Waals surface area contributed by atoms with Crippen LogP contribution in [0.15, 0.2) is 36.0 Å². The van der Waals surface area contributed by atoms with Crippen LogP contribution < -0.4 is 5.32 Å². The van der Waals surface area contributed by atoms with Gasteiger partial charge < -0.3 is 5.32 Å². The van der Waals surface area contributed by atoms with Gasteiger partial charge in [-0.25, -0.2) is 0 Å². The Hall–Kier alpha value is -0.820. The smallest absolute Gasteiger partial charge is 0.0208 e. The van der Waals surface area contributed by atoms with Crippen molar-refractivity contribution in [3.8, 4) is 0 Å². The molecule has 0 bridgehead atoms. The number of hydrogen-bond acceptors (Lipinski definition) is 1. The summed E-state index contributed by atoms with van der Waals surface area (Å²) < 4.78 is 0. The highest BCUT2D eigenvalue weighted by Crippen LogP contribution is 2.07. The van der Waals surface area contributed by atoms with E-state index in [-0.39, 0.29) is 0 Å². The third-order valence-electron chi connectivity index (χ3n) is 2.28. The minimum absolute atomic E-state index is 0.947. The molecule has 0 radical (unpaired) electrons. The van der Waals surface area contributed by atoms with Crippen LogP contribution in [0, 0.1) is 0 Å². The van der Waals surface area contributed by atoms with E-state index in [2.05, 4.69) is 44.8 Å². The van der Waals surface area contributed by atoms with Gasteiger partial charge in [0.05, 0.1) is 0 Å². The van der Waals surface area contributed by atoms with Crippen molar-refractivity contribution in [1.82, 2.24) is 5.32 Å². The van der Waals surface area contributed by atoms with Gasteiger partial charge in [0.15, 0.2) is 0 Å². The molecule has 0 aliphatic carbocycles. The molecule has 0 aromatic carbocycles. The largest absolute Gasteiger partial charge is 0.313 e. The summed E-state index contributed by atoms with van der Waals surface area (Å²) in [6, 6.07) is 0. The minimum atomic E-state index is 0.947.